The van der Waals surface area contributed by atoms with Crippen LogP contribution in [0.3, 0.4) is 0 Å². The first-order valence-corrected chi connectivity index (χ1v) is 6.54. The van der Waals surface area contributed by atoms with Crippen molar-refractivity contribution in [3.8, 4) is 0 Å². The molecule has 0 aliphatic heterocycles. The Hall–Kier alpha value is -2.30. The summed E-state index contributed by atoms with van der Waals surface area (Å²) in [6.45, 7) is 1.56. The summed E-state index contributed by atoms with van der Waals surface area (Å²) in [6, 6.07) is 7.18. The Labute approximate surface area is 115 Å². The number of carbonyl (C=O) groups excluding carboxylic acids is 1. The topological polar surface area (TPSA) is 79.5 Å². The van der Waals surface area contributed by atoms with Crippen molar-refractivity contribution in [2.45, 2.75) is 25.3 Å². The van der Waals surface area contributed by atoms with Crippen molar-refractivity contribution >= 4 is 22.8 Å². The number of aliphatic carboxylic acids is 1. The summed E-state index contributed by atoms with van der Waals surface area (Å²) in [6.07, 6.45) is 3.03. The van der Waals surface area contributed by atoms with Gasteiger partial charge < -0.3 is 14.8 Å². The van der Waals surface area contributed by atoms with Gasteiger partial charge in [-0.05, 0) is 31.7 Å². The zero-order chi connectivity index (χ0) is 14.3. The first kappa shape index (κ1) is 12.7. The van der Waals surface area contributed by atoms with Gasteiger partial charge in [0.05, 0.1) is 5.56 Å². The first-order chi connectivity index (χ1) is 9.52. The van der Waals surface area contributed by atoms with Crippen LogP contribution in [0.5, 0.6) is 0 Å². The number of nitrogens with one attached hydrogen (secondary N) is 1. The maximum Gasteiger partial charge on any atom is 0.329 e. The van der Waals surface area contributed by atoms with Crippen molar-refractivity contribution in [2.75, 3.05) is 0 Å². The average molecular weight is 273 g/mol. The van der Waals surface area contributed by atoms with Crippen LogP contribution in [-0.4, -0.2) is 22.5 Å². The predicted octanol–water partition coefficient (Wildman–Crippen LogP) is 2.42. The zero-order valence-electron chi connectivity index (χ0n) is 11.1. The molecule has 1 saturated carbocycles. The van der Waals surface area contributed by atoms with Gasteiger partial charge in [0.2, 0.25) is 0 Å². The third-order valence-electron chi connectivity index (χ3n) is 3.94. The molecule has 20 heavy (non-hydrogen) atoms. The van der Waals surface area contributed by atoms with E-state index in [-0.39, 0.29) is 5.92 Å². The van der Waals surface area contributed by atoms with E-state index >= 15 is 0 Å². The van der Waals surface area contributed by atoms with E-state index in [1.807, 2.05) is 12.1 Å². The second kappa shape index (κ2) is 4.37. The monoisotopic (exact) mass is 273 g/mol. The molecule has 1 aromatic carbocycles. The summed E-state index contributed by atoms with van der Waals surface area (Å²) in [7, 11) is 0. The molecule has 0 spiro atoms. The molecule has 5 heteroatoms. The summed E-state index contributed by atoms with van der Waals surface area (Å²) in [5.41, 5.74) is -0.232. The molecule has 0 saturated heterocycles. The fourth-order valence-corrected chi connectivity index (χ4v) is 2.45. The summed E-state index contributed by atoms with van der Waals surface area (Å²) in [5, 5.41) is 12.7. The number of hydrogen-bond donors (Lipinski definition) is 2. The van der Waals surface area contributed by atoms with Gasteiger partial charge >= 0.3 is 5.97 Å². The molecule has 0 radical (unpaired) electrons. The Balaban J connectivity index is 1.91. The lowest BCUT2D eigenvalue weighted by atomic mass is 9.95. The normalized spacial score (nSPS) is 17.6. The van der Waals surface area contributed by atoms with Crippen LogP contribution in [0.25, 0.3) is 11.0 Å². The molecule has 1 atom stereocenters. The van der Waals surface area contributed by atoms with Gasteiger partial charge in [-0.25, -0.2) is 4.79 Å². The number of furan rings is 1. The van der Waals surface area contributed by atoms with Crippen LogP contribution in [0.4, 0.5) is 0 Å². The van der Waals surface area contributed by atoms with Crippen molar-refractivity contribution in [1.82, 2.24) is 5.32 Å². The average Bonchev–Trinajstić information content (AvgIpc) is 3.18. The van der Waals surface area contributed by atoms with Crippen molar-refractivity contribution in [3.05, 3.63) is 36.1 Å². The van der Waals surface area contributed by atoms with Crippen LogP contribution in [-0.2, 0) is 4.79 Å². The largest absolute Gasteiger partial charge is 0.480 e. The van der Waals surface area contributed by atoms with Crippen LogP contribution in [0.1, 0.15) is 30.1 Å². The van der Waals surface area contributed by atoms with E-state index in [1.54, 1.807) is 19.1 Å². The molecule has 2 N–H and O–H groups in total. The highest BCUT2D eigenvalue weighted by Crippen LogP contribution is 2.40. The number of rotatable bonds is 4. The SMILES string of the molecule is CC(NC(=O)c1coc2ccccc12)(C(=O)O)C1CC1. The molecule has 3 rings (SSSR count). The first-order valence-electron chi connectivity index (χ1n) is 6.54. The molecule has 5 nitrogen and oxygen atoms in total. The molecule has 104 valence electrons. The standard InChI is InChI=1S/C15H15NO4/c1-15(14(18)19,9-6-7-9)16-13(17)11-8-20-12-5-3-2-4-10(11)12/h2-5,8-9H,6-7H2,1H3,(H,16,17)(H,18,19). The molecule has 2 aromatic rings. The Morgan fingerprint density at radius 1 is 1.35 bits per heavy atom. The maximum absolute atomic E-state index is 12.3. The van der Waals surface area contributed by atoms with E-state index in [2.05, 4.69) is 5.32 Å². The number of carboxylic acid groups (broad SMARTS) is 1. The van der Waals surface area contributed by atoms with Gasteiger partial charge in [0.25, 0.3) is 5.91 Å². The third-order valence-corrected chi connectivity index (χ3v) is 3.94. The maximum atomic E-state index is 12.3. The summed E-state index contributed by atoms with van der Waals surface area (Å²) < 4.78 is 5.31. The Bertz CT molecular complexity index is 686. The van der Waals surface area contributed by atoms with E-state index in [0.717, 1.165) is 12.8 Å². The molecule has 1 aliphatic carbocycles. The van der Waals surface area contributed by atoms with E-state index < -0.39 is 17.4 Å². The molecule has 1 aromatic heterocycles. The van der Waals surface area contributed by atoms with Crippen molar-refractivity contribution in [3.63, 3.8) is 0 Å². The van der Waals surface area contributed by atoms with E-state index in [1.165, 1.54) is 6.26 Å². The molecule has 1 heterocycles. The molecule has 1 fully saturated rings. The second-order valence-corrected chi connectivity index (χ2v) is 5.38. The second-order valence-electron chi connectivity index (χ2n) is 5.38. The number of fused-ring (bicyclic) bond motifs is 1. The molecular formula is C15H15NO4. The van der Waals surface area contributed by atoms with E-state index in [9.17, 15) is 14.7 Å². The Morgan fingerprint density at radius 3 is 2.70 bits per heavy atom. The quantitative estimate of drug-likeness (QED) is 0.896. The highest BCUT2D eigenvalue weighted by molar-refractivity contribution is 6.07. The number of carboxylic acids is 1. The predicted molar refractivity (Wildman–Crippen MR) is 72.4 cm³/mol. The van der Waals surface area contributed by atoms with Crippen LogP contribution < -0.4 is 5.32 Å². The third kappa shape index (κ3) is 1.95. The van der Waals surface area contributed by atoms with Crippen molar-refractivity contribution < 1.29 is 19.1 Å². The van der Waals surface area contributed by atoms with Crippen molar-refractivity contribution in [1.29, 1.82) is 0 Å². The minimum absolute atomic E-state index is 0.00196. The van der Waals surface area contributed by atoms with E-state index in [4.69, 9.17) is 4.42 Å². The van der Waals surface area contributed by atoms with Gasteiger partial charge in [-0.1, -0.05) is 18.2 Å². The van der Waals surface area contributed by atoms with Gasteiger partial charge in [0.1, 0.15) is 17.4 Å². The smallest absolute Gasteiger partial charge is 0.329 e. The fourth-order valence-electron chi connectivity index (χ4n) is 2.45. The van der Waals surface area contributed by atoms with Crippen LogP contribution in [0.15, 0.2) is 34.9 Å². The molecule has 0 bridgehead atoms. The highest BCUT2D eigenvalue weighted by atomic mass is 16.4. The van der Waals surface area contributed by atoms with Gasteiger partial charge in [0, 0.05) is 5.39 Å². The Morgan fingerprint density at radius 2 is 2.05 bits per heavy atom. The van der Waals surface area contributed by atoms with Gasteiger partial charge in [-0.2, -0.15) is 0 Å². The molecular weight excluding hydrogens is 258 g/mol. The number of benzene rings is 1. The van der Waals surface area contributed by atoms with E-state index in [0.29, 0.717) is 16.5 Å². The summed E-state index contributed by atoms with van der Waals surface area (Å²) in [4.78, 5) is 23.8. The number of para-hydroxylation sites is 1. The lowest BCUT2D eigenvalue weighted by molar-refractivity contribution is -0.144. The lowest BCUT2D eigenvalue weighted by Gasteiger charge is -2.25. The summed E-state index contributed by atoms with van der Waals surface area (Å²) >= 11 is 0. The summed E-state index contributed by atoms with van der Waals surface area (Å²) in [5.74, 6) is -1.41. The van der Waals surface area contributed by atoms with Gasteiger partial charge in [-0.15, -0.1) is 0 Å². The lowest BCUT2D eigenvalue weighted by Crippen LogP contribution is -2.53. The zero-order valence-corrected chi connectivity index (χ0v) is 11.1. The Kier molecular flexibility index (Phi) is 2.78. The van der Waals surface area contributed by atoms with Crippen molar-refractivity contribution in [2.24, 2.45) is 5.92 Å². The molecule has 1 aliphatic rings. The minimum Gasteiger partial charge on any atom is -0.480 e. The van der Waals surface area contributed by atoms with Gasteiger partial charge in [-0.3, -0.25) is 4.79 Å². The van der Waals surface area contributed by atoms with Crippen LogP contribution in [0.2, 0.25) is 0 Å². The number of amides is 1. The number of hydrogen-bond acceptors (Lipinski definition) is 3. The highest BCUT2D eigenvalue weighted by Gasteiger charge is 2.48. The van der Waals surface area contributed by atoms with Crippen LogP contribution in [0, 0.1) is 5.92 Å². The number of carbonyl (C=O) groups is 2. The van der Waals surface area contributed by atoms with Gasteiger partial charge in [0.15, 0.2) is 0 Å². The molecule has 1 unspecified atom stereocenters. The fraction of sp³-hybridized carbons (Fsp3) is 0.333. The minimum atomic E-state index is -1.21. The molecule has 1 amide bonds. The van der Waals surface area contributed by atoms with Crippen LogP contribution >= 0.6 is 0 Å².